The van der Waals surface area contributed by atoms with Crippen LogP contribution in [0, 0.1) is 0 Å². The molecule has 0 amide bonds. The second-order valence-electron chi connectivity index (χ2n) is 2.29. The quantitative estimate of drug-likeness (QED) is 0.761. The van der Waals surface area contributed by atoms with E-state index in [1.165, 1.54) is 0 Å². The minimum absolute atomic E-state index is 0.482. The predicted octanol–water partition coefficient (Wildman–Crippen LogP) is 0.880. The number of sulfonamides is 1. The first-order chi connectivity index (χ1) is 6.31. The van der Waals surface area contributed by atoms with Crippen LogP contribution in [0.25, 0.3) is 0 Å². The second kappa shape index (κ2) is 3.54. The van der Waals surface area contributed by atoms with Crippen LogP contribution in [0.4, 0.5) is 13.2 Å². The van der Waals surface area contributed by atoms with Crippen LogP contribution in [-0.2, 0) is 10.0 Å². The molecule has 0 saturated heterocycles. The lowest BCUT2D eigenvalue weighted by Crippen LogP contribution is -2.37. The molecule has 1 N–H and O–H groups in total. The normalized spacial score (nSPS) is 12.8. The van der Waals surface area contributed by atoms with Gasteiger partial charge in [-0.3, -0.25) is 4.98 Å². The fraction of sp³-hybridized carbons (Fsp3) is 0.167. The molecule has 1 aromatic heterocycles. The highest BCUT2D eigenvalue weighted by Crippen LogP contribution is 2.15. The number of hydrogen-bond donors (Lipinski definition) is 1. The van der Waals surface area contributed by atoms with Crippen molar-refractivity contribution >= 4 is 10.0 Å². The van der Waals surface area contributed by atoms with Crippen LogP contribution >= 0.6 is 0 Å². The molecule has 0 radical (unpaired) electrons. The van der Waals surface area contributed by atoms with Gasteiger partial charge in [-0.1, -0.05) is 0 Å². The standard InChI is InChI=1S/C6H5F3N2O2S/c7-6(8,9)11-14(12,13)5-1-3-10-4-2-5/h1-4,11H. The fourth-order valence-corrected chi connectivity index (χ4v) is 1.63. The summed E-state index contributed by atoms with van der Waals surface area (Å²) >= 11 is 0. The molecular weight excluding hydrogens is 221 g/mol. The number of nitrogens with zero attached hydrogens (tertiary/aromatic N) is 1. The van der Waals surface area contributed by atoms with Crippen molar-refractivity contribution in [2.24, 2.45) is 0 Å². The summed E-state index contributed by atoms with van der Waals surface area (Å²) in [5, 5.41) is 0. The molecule has 0 atom stereocenters. The zero-order valence-corrected chi connectivity index (χ0v) is 7.43. The first kappa shape index (κ1) is 10.9. The Labute approximate surface area is 77.8 Å². The van der Waals surface area contributed by atoms with Crippen LogP contribution in [0.2, 0.25) is 0 Å². The average Bonchev–Trinajstić information content (AvgIpc) is 2.01. The average molecular weight is 226 g/mol. The first-order valence-corrected chi connectivity index (χ1v) is 4.80. The van der Waals surface area contributed by atoms with Crippen molar-refractivity contribution < 1.29 is 21.6 Å². The Bertz CT molecular complexity index is 401. The lowest BCUT2D eigenvalue weighted by Gasteiger charge is -2.08. The van der Waals surface area contributed by atoms with E-state index >= 15 is 0 Å². The lowest BCUT2D eigenvalue weighted by molar-refractivity contribution is -0.138. The summed E-state index contributed by atoms with van der Waals surface area (Å²) in [5.41, 5.74) is 0. The van der Waals surface area contributed by atoms with E-state index < -0.39 is 21.2 Å². The van der Waals surface area contributed by atoms with Crippen LogP contribution in [0.15, 0.2) is 29.4 Å². The molecule has 0 aliphatic rings. The van der Waals surface area contributed by atoms with Crippen LogP contribution in [0.3, 0.4) is 0 Å². The third-order valence-corrected chi connectivity index (χ3v) is 2.60. The zero-order chi connectivity index (χ0) is 10.8. The molecule has 0 spiro atoms. The molecule has 4 nitrogen and oxygen atoms in total. The predicted molar refractivity (Wildman–Crippen MR) is 40.6 cm³/mol. The van der Waals surface area contributed by atoms with Crippen LogP contribution in [0.5, 0.6) is 0 Å². The molecule has 0 aliphatic carbocycles. The molecule has 0 aliphatic heterocycles. The zero-order valence-electron chi connectivity index (χ0n) is 6.62. The minimum Gasteiger partial charge on any atom is -0.265 e. The summed E-state index contributed by atoms with van der Waals surface area (Å²) in [6.07, 6.45) is -2.79. The fourth-order valence-electron chi connectivity index (χ4n) is 0.729. The van der Waals surface area contributed by atoms with Gasteiger partial charge < -0.3 is 0 Å². The summed E-state index contributed by atoms with van der Waals surface area (Å²) < 4.78 is 57.7. The van der Waals surface area contributed by atoms with Gasteiger partial charge in [-0.05, 0) is 12.1 Å². The Morgan fingerprint density at radius 2 is 1.71 bits per heavy atom. The smallest absolute Gasteiger partial charge is 0.265 e. The highest BCUT2D eigenvalue weighted by molar-refractivity contribution is 7.89. The van der Waals surface area contributed by atoms with Crippen LogP contribution in [0.1, 0.15) is 0 Å². The van der Waals surface area contributed by atoms with Crippen molar-refractivity contribution in [3.63, 3.8) is 0 Å². The monoisotopic (exact) mass is 226 g/mol. The molecule has 1 aromatic rings. The third kappa shape index (κ3) is 2.96. The van der Waals surface area contributed by atoms with Gasteiger partial charge in [0.15, 0.2) is 0 Å². The van der Waals surface area contributed by atoms with E-state index in [4.69, 9.17) is 0 Å². The van der Waals surface area contributed by atoms with Crippen molar-refractivity contribution in [3.05, 3.63) is 24.5 Å². The minimum atomic E-state index is -4.97. The molecule has 0 saturated carbocycles. The number of pyridine rings is 1. The highest BCUT2D eigenvalue weighted by atomic mass is 32.2. The second-order valence-corrected chi connectivity index (χ2v) is 3.97. The van der Waals surface area contributed by atoms with Gasteiger partial charge in [0, 0.05) is 12.4 Å². The van der Waals surface area contributed by atoms with Crippen molar-refractivity contribution in [1.29, 1.82) is 0 Å². The number of alkyl halides is 3. The molecule has 0 unspecified atom stereocenters. The maximum Gasteiger partial charge on any atom is 0.470 e. The maximum atomic E-state index is 11.7. The van der Waals surface area contributed by atoms with Gasteiger partial charge >= 0.3 is 6.30 Å². The van der Waals surface area contributed by atoms with E-state index in [2.05, 4.69) is 4.98 Å². The van der Waals surface area contributed by atoms with Crippen molar-refractivity contribution in [3.8, 4) is 0 Å². The maximum absolute atomic E-state index is 11.7. The Morgan fingerprint density at radius 1 is 1.21 bits per heavy atom. The number of rotatable bonds is 2. The van der Waals surface area contributed by atoms with E-state index in [9.17, 15) is 21.6 Å². The Balaban J connectivity index is 2.99. The third-order valence-electron chi connectivity index (χ3n) is 1.21. The number of hydrogen-bond acceptors (Lipinski definition) is 3. The molecule has 8 heteroatoms. The molecule has 1 heterocycles. The summed E-state index contributed by atoms with van der Waals surface area (Å²) in [6, 6.07) is 1.93. The number of halogens is 3. The summed E-state index contributed by atoms with van der Waals surface area (Å²) in [6.45, 7) is 0. The first-order valence-electron chi connectivity index (χ1n) is 3.32. The topological polar surface area (TPSA) is 59.1 Å². The lowest BCUT2D eigenvalue weighted by atomic mass is 10.5. The molecular formula is C6H5F3N2O2S. The molecule has 0 bridgehead atoms. The van der Waals surface area contributed by atoms with E-state index in [0.29, 0.717) is 4.72 Å². The Hall–Kier alpha value is -1.15. The molecule has 0 fully saturated rings. The van der Waals surface area contributed by atoms with E-state index in [1.807, 2.05) is 0 Å². The van der Waals surface area contributed by atoms with Gasteiger partial charge in [0.05, 0.1) is 4.90 Å². The van der Waals surface area contributed by atoms with Crippen LogP contribution < -0.4 is 4.72 Å². The number of aromatic nitrogens is 1. The van der Waals surface area contributed by atoms with Gasteiger partial charge in [-0.2, -0.15) is 13.2 Å². The number of nitrogens with one attached hydrogen (secondary N) is 1. The van der Waals surface area contributed by atoms with Crippen molar-refractivity contribution in [2.45, 2.75) is 11.2 Å². The van der Waals surface area contributed by atoms with Crippen LogP contribution in [-0.4, -0.2) is 19.7 Å². The van der Waals surface area contributed by atoms with Gasteiger partial charge in [0.2, 0.25) is 10.0 Å². The van der Waals surface area contributed by atoms with Crippen molar-refractivity contribution in [1.82, 2.24) is 9.71 Å². The van der Waals surface area contributed by atoms with Gasteiger partial charge in [0.25, 0.3) is 0 Å². The Kier molecular flexibility index (Phi) is 2.76. The van der Waals surface area contributed by atoms with Gasteiger partial charge in [-0.25, -0.2) is 8.42 Å². The SMILES string of the molecule is O=S(=O)(NC(F)(F)F)c1ccncc1. The van der Waals surface area contributed by atoms with Gasteiger partial charge in [-0.15, -0.1) is 4.72 Å². The summed E-state index contributed by atoms with van der Waals surface area (Å²) in [4.78, 5) is 3.00. The highest BCUT2D eigenvalue weighted by Gasteiger charge is 2.34. The van der Waals surface area contributed by atoms with Gasteiger partial charge in [0.1, 0.15) is 0 Å². The molecule has 14 heavy (non-hydrogen) atoms. The van der Waals surface area contributed by atoms with E-state index in [0.717, 1.165) is 24.5 Å². The summed E-state index contributed by atoms with van der Waals surface area (Å²) in [7, 11) is -4.53. The van der Waals surface area contributed by atoms with E-state index in [-0.39, 0.29) is 0 Å². The Morgan fingerprint density at radius 3 is 2.14 bits per heavy atom. The summed E-state index contributed by atoms with van der Waals surface area (Å²) in [5.74, 6) is 0. The van der Waals surface area contributed by atoms with E-state index in [1.54, 1.807) is 0 Å². The molecule has 78 valence electrons. The van der Waals surface area contributed by atoms with Crippen molar-refractivity contribution in [2.75, 3.05) is 0 Å². The molecule has 0 aromatic carbocycles. The molecule has 1 rings (SSSR count). The largest absolute Gasteiger partial charge is 0.470 e.